The monoisotopic (exact) mass is 482 g/mol. The van der Waals surface area contributed by atoms with Crippen LogP contribution < -0.4 is 19.7 Å². The number of para-hydroxylation sites is 1. The number of hydrogen-bond donors (Lipinski definition) is 1. The number of anilines is 2. The number of urea groups is 1. The van der Waals surface area contributed by atoms with Crippen molar-refractivity contribution >= 4 is 17.4 Å². The van der Waals surface area contributed by atoms with Crippen molar-refractivity contribution < 1.29 is 14.3 Å². The molecule has 0 spiro atoms. The molecule has 7 nitrogen and oxygen atoms in total. The fourth-order valence-electron chi connectivity index (χ4n) is 4.75. The summed E-state index contributed by atoms with van der Waals surface area (Å²) in [4.78, 5) is 17.9. The van der Waals surface area contributed by atoms with Gasteiger partial charge in [-0.2, -0.15) is 0 Å². The molecule has 1 aliphatic rings. The Morgan fingerprint density at radius 3 is 2.39 bits per heavy atom. The van der Waals surface area contributed by atoms with Gasteiger partial charge in [0.1, 0.15) is 0 Å². The van der Waals surface area contributed by atoms with Crippen LogP contribution in [0.4, 0.5) is 16.2 Å². The number of carbonyl (C=O) groups excluding carboxylic acids is 1. The molecule has 5 rings (SSSR count). The lowest BCUT2D eigenvalue weighted by Gasteiger charge is -2.31. The van der Waals surface area contributed by atoms with Gasteiger partial charge in [0.25, 0.3) is 0 Å². The second-order valence-electron chi connectivity index (χ2n) is 8.95. The first-order chi connectivity index (χ1) is 17.5. The third-order valence-corrected chi connectivity index (χ3v) is 6.58. The van der Waals surface area contributed by atoms with Crippen molar-refractivity contribution in [3.8, 4) is 17.2 Å². The molecule has 0 saturated carbocycles. The molecule has 0 bridgehead atoms. The van der Waals surface area contributed by atoms with Crippen molar-refractivity contribution in [3.63, 3.8) is 0 Å². The van der Waals surface area contributed by atoms with E-state index in [2.05, 4.69) is 63.4 Å². The number of benzene rings is 3. The predicted molar refractivity (Wildman–Crippen MR) is 142 cm³/mol. The van der Waals surface area contributed by atoms with Gasteiger partial charge in [0.05, 0.1) is 32.5 Å². The Morgan fingerprint density at radius 1 is 0.917 bits per heavy atom. The zero-order valence-corrected chi connectivity index (χ0v) is 20.9. The molecule has 0 saturated heterocycles. The van der Waals surface area contributed by atoms with Gasteiger partial charge in [-0.25, -0.2) is 4.79 Å². The first kappa shape index (κ1) is 23.4. The summed E-state index contributed by atoms with van der Waals surface area (Å²) in [6.45, 7) is 0.455. The van der Waals surface area contributed by atoms with E-state index in [1.165, 1.54) is 0 Å². The Kier molecular flexibility index (Phi) is 6.29. The Hall–Kier alpha value is -4.39. The van der Waals surface area contributed by atoms with Gasteiger partial charge in [0.2, 0.25) is 0 Å². The summed E-state index contributed by atoms with van der Waals surface area (Å²) < 4.78 is 13.0. The number of amides is 2. The fraction of sp³-hybridized carbons (Fsp3) is 0.207. The number of nitrogens with zero attached hydrogens (tertiary/aromatic N) is 3. The molecule has 0 aliphatic carbocycles. The number of aromatic nitrogens is 1. The van der Waals surface area contributed by atoms with Crippen LogP contribution >= 0.6 is 0 Å². The molecule has 184 valence electrons. The maximum Gasteiger partial charge on any atom is 0.322 e. The molecule has 4 aromatic rings. The van der Waals surface area contributed by atoms with Crippen molar-refractivity contribution in [1.29, 1.82) is 0 Å². The lowest BCUT2D eigenvalue weighted by molar-refractivity contribution is 0.194. The summed E-state index contributed by atoms with van der Waals surface area (Å²) >= 11 is 0. The van der Waals surface area contributed by atoms with Gasteiger partial charge < -0.3 is 29.2 Å². The highest BCUT2D eigenvalue weighted by Gasteiger charge is 2.33. The van der Waals surface area contributed by atoms with E-state index in [1.54, 1.807) is 26.4 Å². The molecule has 2 amide bonds. The van der Waals surface area contributed by atoms with Crippen molar-refractivity contribution in [2.75, 3.05) is 38.5 Å². The van der Waals surface area contributed by atoms with Gasteiger partial charge in [-0.05, 0) is 53.6 Å². The molecular weight excluding hydrogens is 452 g/mol. The number of carbonyl (C=O) groups is 1. The van der Waals surface area contributed by atoms with Crippen LogP contribution in [-0.4, -0.2) is 43.8 Å². The van der Waals surface area contributed by atoms with Gasteiger partial charge in [-0.15, -0.1) is 0 Å². The van der Waals surface area contributed by atoms with Crippen molar-refractivity contribution in [2.24, 2.45) is 0 Å². The minimum Gasteiger partial charge on any atom is -0.493 e. The number of nitrogens with one attached hydrogen (secondary N) is 1. The van der Waals surface area contributed by atoms with Crippen LogP contribution in [-0.2, 0) is 6.54 Å². The Bertz CT molecular complexity index is 1380. The Morgan fingerprint density at radius 2 is 1.67 bits per heavy atom. The number of ether oxygens (including phenoxy) is 2. The molecule has 1 aromatic heterocycles. The summed E-state index contributed by atoms with van der Waals surface area (Å²) in [6.07, 6.45) is 2.06. The third-order valence-electron chi connectivity index (χ3n) is 6.58. The molecule has 0 radical (unpaired) electrons. The zero-order valence-electron chi connectivity index (χ0n) is 20.9. The van der Waals surface area contributed by atoms with Gasteiger partial charge >= 0.3 is 6.03 Å². The van der Waals surface area contributed by atoms with Gasteiger partial charge in [-0.3, -0.25) is 0 Å². The topological polar surface area (TPSA) is 59.0 Å². The largest absolute Gasteiger partial charge is 0.493 e. The lowest BCUT2D eigenvalue weighted by Crippen LogP contribution is -2.37. The van der Waals surface area contributed by atoms with E-state index in [0.717, 1.165) is 28.2 Å². The number of fused-ring (bicyclic) bond motifs is 3. The second kappa shape index (κ2) is 9.70. The number of rotatable bonds is 5. The highest BCUT2D eigenvalue weighted by Crippen LogP contribution is 2.38. The summed E-state index contributed by atoms with van der Waals surface area (Å²) in [6, 6.07) is 25.6. The first-order valence-corrected chi connectivity index (χ1v) is 11.8. The first-order valence-electron chi connectivity index (χ1n) is 11.8. The molecule has 36 heavy (non-hydrogen) atoms. The zero-order chi connectivity index (χ0) is 25.2. The maximum atomic E-state index is 13.9. The maximum absolute atomic E-state index is 13.9. The number of methoxy groups -OCH3 is 2. The highest BCUT2D eigenvalue weighted by molar-refractivity contribution is 5.90. The van der Waals surface area contributed by atoms with Crippen LogP contribution in [0.2, 0.25) is 0 Å². The quantitative estimate of drug-likeness (QED) is 0.397. The summed E-state index contributed by atoms with van der Waals surface area (Å²) in [5.74, 6) is 1.16. The van der Waals surface area contributed by atoms with E-state index in [-0.39, 0.29) is 12.1 Å². The molecular formula is C29H30N4O3. The van der Waals surface area contributed by atoms with Crippen molar-refractivity contribution in [3.05, 3.63) is 102 Å². The van der Waals surface area contributed by atoms with Crippen molar-refractivity contribution in [2.45, 2.75) is 12.6 Å². The molecule has 3 aromatic carbocycles. The van der Waals surface area contributed by atoms with Crippen molar-refractivity contribution in [1.82, 2.24) is 9.47 Å². The van der Waals surface area contributed by atoms with E-state index in [4.69, 9.17) is 9.47 Å². The van der Waals surface area contributed by atoms with Crippen LogP contribution in [0.1, 0.15) is 22.9 Å². The summed E-state index contributed by atoms with van der Waals surface area (Å²) in [5, 5.41) is 3.08. The molecule has 0 fully saturated rings. The predicted octanol–water partition coefficient (Wildman–Crippen LogP) is 5.70. The minimum absolute atomic E-state index is 0.201. The lowest BCUT2D eigenvalue weighted by atomic mass is 10.0. The Labute approximate surface area is 211 Å². The van der Waals surface area contributed by atoms with Gasteiger partial charge in [-0.1, -0.05) is 30.3 Å². The molecule has 7 heteroatoms. The average molecular weight is 483 g/mol. The number of hydrogen-bond acceptors (Lipinski definition) is 4. The van der Waals surface area contributed by atoms with Gasteiger partial charge in [0.15, 0.2) is 11.5 Å². The van der Waals surface area contributed by atoms with Crippen LogP contribution in [0.5, 0.6) is 11.5 Å². The van der Waals surface area contributed by atoms with Gasteiger partial charge in [0, 0.05) is 43.4 Å². The standard InChI is InChI=1S/C29H30N4O3/c1-31(2)23-14-11-20(12-15-23)28-25-10-7-17-32(25)24-9-6-5-8-21(24)19-33(28)29(34)30-22-13-16-26(35-3)27(18-22)36-4/h5-18,28H,19H2,1-4H3,(H,30,34)/t28-/m1/s1. The SMILES string of the molecule is COc1ccc(NC(=O)N2Cc3ccccc3-n3cccc3[C@H]2c2ccc(N(C)C)cc2)cc1OC. The fourth-order valence-corrected chi connectivity index (χ4v) is 4.75. The molecule has 1 N–H and O–H groups in total. The smallest absolute Gasteiger partial charge is 0.322 e. The molecule has 0 unspecified atom stereocenters. The van der Waals surface area contributed by atoms with E-state index in [0.29, 0.717) is 23.7 Å². The molecule has 1 aliphatic heterocycles. The van der Waals surface area contributed by atoms with Crippen LogP contribution in [0, 0.1) is 0 Å². The highest BCUT2D eigenvalue weighted by atomic mass is 16.5. The normalized spacial score (nSPS) is 14.3. The Balaban J connectivity index is 1.58. The average Bonchev–Trinajstić information content (AvgIpc) is 3.32. The second-order valence-corrected chi connectivity index (χ2v) is 8.95. The molecule has 2 heterocycles. The van der Waals surface area contributed by atoms with E-state index in [9.17, 15) is 4.79 Å². The van der Waals surface area contributed by atoms with E-state index < -0.39 is 0 Å². The summed E-state index contributed by atoms with van der Waals surface area (Å²) in [7, 11) is 7.21. The summed E-state index contributed by atoms with van der Waals surface area (Å²) in [5.41, 5.74) is 5.95. The van der Waals surface area contributed by atoms with Crippen LogP contribution in [0.3, 0.4) is 0 Å². The third kappa shape index (κ3) is 4.24. The molecule has 1 atom stereocenters. The van der Waals surface area contributed by atoms with E-state index >= 15 is 0 Å². The minimum atomic E-state index is -0.288. The van der Waals surface area contributed by atoms with E-state index in [1.807, 2.05) is 43.3 Å². The van der Waals surface area contributed by atoms with Crippen LogP contribution in [0.15, 0.2) is 85.1 Å². The van der Waals surface area contributed by atoms with Crippen LogP contribution in [0.25, 0.3) is 5.69 Å².